The van der Waals surface area contributed by atoms with Gasteiger partial charge in [-0.1, -0.05) is 12.1 Å². The molecule has 0 aliphatic carbocycles. The molecule has 1 amide bonds. The number of ether oxygens (including phenoxy) is 3. The lowest BCUT2D eigenvalue weighted by atomic mass is 10.0. The second-order valence-electron chi connectivity index (χ2n) is 6.21. The molecule has 9 nitrogen and oxygen atoms in total. The number of hydrogen-bond acceptors (Lipinski definition) is 8. The first-order valence-electron chi connectivity index (χ1n) is 8.51. The van der Waals surface area contributed by atoms with Gasteiger partial charge in [0, 0.05) is 33.2 Å². The highest BCUT2D eigenvalue weighted by molar-refractivity contribution is 5.83. The van der Waals surface area contributed by atoms with Crippen LogP contribution in [-0.2, 0) is 20.7 Å². The first-order valence-corrected chi connectivity index (χ1v) is 8.51. The normalized spacial score (nSPS) is 12.9. The predicted molar refractivity (Wildman–Crippen MR) is 101 cm³/mol. The van der Waals surface area contributed by atoms with Gasteiger partial charge in [0.2, 0.25) is 16.6 Å². The first-order chi connectivity index (χ1) is 13.2. The van der Waals surface area contributed by atoms with E-state index in [-0.39, 0.29) is 18.7 Å². The van der Waals surface area contributed by atoms with E-state index >= 15 is 0 Å². The SMILES string of the molecule is CCO[C@](Cc1ccc(OC(=O)N(C)C)cc1)(Nc1cc(=O)c1=O)C(=O)OC. The maximum atomic E-state index is 12.5. The lowest BCUT2D eigenvalue weighted by Crippen LogP contribution is -2.54. The van der Waals surface area contributed by atoms with Gasteiger partial charge in [-0.2, -0.15) is 0 Å². The molecule has 0 aliphatic heterocycles. The van der Waals surface area contributed by atoms with Crippen molar-refractivity contribution in [2.75, 3.05) is 33.1 Å². The number of carbonyl (C=O) groups is 2. The average Bonchev–Trinajstić information content (AvgIpc) is 2.68. The Kier molecular flexibility index (Phi) is 6.53. The lowest BCUT2D eigenvalue weighted by molar-refractivity contribution is -0.165. The van der Waals surface area contributed by atoms with E-state index in [9.17, 15) is 19.2 Å². The molecule has 0 aliphatic rings. The smallest absolute Gasteiger partial charge is 0.414 e. The lowest BCUT2D eigenvalue weighted by Gasteiger charge is -2.32. The molecule has 0 unspecified atom stereocenters. The Morgan fingerprint density at radius 2 is 1.79 bits per heavy atom. The van der Waals surface area contributed by atoms with Crippen LogP contribution in [0.1, 0.15) is 12.5 Å². The summed E-state index contributed by atoms with van der Waals surface area (Å²) in [5.74, 6) is -0.413. The molecule has 150 valence electrons. The van der Waals surface area contributed by atoms with E-state index in [1.54, 1.807) is 45.3 Å². The zero-order chi connectivity index (χ0) is 20.9. The number of nitrogens with zero attached hydrogens (tertiary/aromatic N) is 1. The molecule has 28 heavy (non-hydrogen) atoms. The third-order valence-electron chi connectivity index (χ3n) is 3.93. The monoisotopic (exact) mass is 390 g/mol. The third-order valence-corrected chi connectivity index (χ3v) is 3.93. The number of rotatable bonds is 8. The van der Waals surface area contributed by atoms with E-state index in [1.807, 2.05) is 0 Å². The van der Waals surface area contributed by atoms with Crippen LogP contribution in [-0.4, -0.2) is 50.5 Å². The maximum Gasteiger partial charge on any atom is 0.414 e. The van der Waals surface area contributed by atoms with E-state index in [4.69, 9.17) is 14.2 Å². The topological polar surface area (TPSA) is 111 Å². The Morgan fingerprint density at radius 1 is 1.14 bits per heavy atom. The van der Waals surface area contributed by atoms with Gasteiger partial charge in [0.25, 0.3) is 0 Å². The number of benzene rings is 1. The maximum absolute atomic E-state index is 12.5. The Balaban J connectivity index is 2.27. The second kappa shape index (κ2) is 8.66. The van der Waals surface area contributed by atoms with Crippen LogP contribution in [0.4, 0.5) is 10.5 Å². The van der Waals surface area contributed by atoms with Crippen molar-refractivity contribution in [1.82, 2.24) is 4.90 Å². The molecule has 2 aromatic carbocycles. The van der Waals surface area contributed by atoms with Gasteiger partial charge in [-0.15, -0.1) is 0 Å². The van der Waals surface area contributed by atoms with Crippen molar-refractivity contribution in [1.29, 1.82) is 0 Å². The summed E-state index contributed by atoms with van der Waals surface area (Å²) >= 11 is 0. The molecule has 0 heterocycles. The predicted octanol–water partition coefficient (Wildman–Crippen LogP) is 0.903. The van der Waals surface area contributed by atoms with Crippen molar-refractivity contribution in [3.8, 4) is 5.75 Å². The van der Waals surface area contributed by atoms with Crippen LogP contribution >= 0.6 is 0 Å². The summed E-state index contributed by atoms with van der Waals surface area (Å²) in [5, 5.41) is 2.71. The Bertz CT molecular complexity index is 913. The molecule has 0 spiro atoms. The van der Waals surface area contributed by atoms with Crippen molar-refractivity contribution >= 4 is 17.7 Å². The van der Waals surface area contributed by atoms with Crippen LogP contribution in [0.15, 0.2) is 39.9 Å². The first kappa shape index (κ1) is 21.1. The van der Waals surface area contributed by atoms with Gasteiger partial charge in [-0.25, -0.2) is 9.59 Å². The minimum atomic E-state index is -1.69. The van der Waals surface area contributed by atoms with Gasteiger partial charge < -0.3 is 24.4 Å². The molecule has 0 fully saturated rings. The molecule has 2 rings (SSSR count). The minimum absolute atomic E-state index is 0.00817. The highest BCUT2D eigenvalue weighted by Crippen LogP contribution is 2.24. The van der Waals surface area contributed by atoms with Crippen molar-refractivity contribution in [2.45, 2.75) is 19.1 Å². The van der Waals surface area contributed by atoms with Crippen LogP contribution in [0.25, 0.3) is 0 Å². The highest BCUT2D eigenvalue weighted by Gasteiger charge is 2.42. The standard InChI is InChI=1S/C19H22N2O7/c1-5-27-19(17(24)26-4,20-14-10-15(22)16(14)23)11-12-6-8-13(9-7-12)28-18(25)21(2)3/h6-10,20H,5,11H2,1-4H3/t19-/m0/s1. The number of methoxy groups -OCH3 is 1. The molecule has 0 bridgehead atoms. The summed E-state index contributed by atoms with van der Waals surface area (Å²) in [7, 11) is 4.33. The molecule has 2 aromatic rings. The summed E-state index contributed by atoms with van der Waals surface area (Å²) in [4.78, 5) is 48.2. The van der Waals surface area contributed by atoms with E-state index in [0.717, 1.165) is 6.07 Å². The number of nitrogens with one attached hydrogen (secondary N) is 1. The molecule has 1 atom stereocenters. The molecule has 1 N–H and O–H groups in total. The van der Waals surface area contributed by atoms with Crippen LogP contribution in [0.3, 0.4) is 0 Å². The fourth-order valence-electron chi connectivity index (χ4n) is 2.51. The minimum Gasteiger partial charge on any atom is -0.465 e. The zero-order valence-corrected chi connectivity index (χ0v) is 16.1. The van der Waals surface area contributed by atoms with Gasteiger partial charge in [-0.3, -0.25) is 9.59 Å². The van der Waals surface area contributed by atoms with Gasteiger partial charge in [0.15, 0.2) is 0 Å². The number of esters is 1. The van der Waals surface area contributed by atoms with E-state index in [2.05, 4.69) is 5.32 Å². The fourth-order valence-corrected chi connectivity index (χ4v) is 2.51. The molecular formula is C19H22N2O7. The number of amides is 1. The molecule has 0 radical (unpaired) electrons. The van der Waals surface area contributed by atoms with Crippen molar-refractivity contribution < 1.29 is 23.8 Å². The number of carbonyl (C=O) groups excluding carboxylic acids is 2. The van der Waals surface area contributed by atoms with Crippen molar-refractivity contribution in [3.63, 3.8) is 0 Å². The van der Waals surface area contributed by atoms with Crippen molar-refractivity contribution in [3.05, 3.63) is 56.3 Å². The quantitative estimate of drug-likeness (QED) is 0.402. The van der Waals surface area contributed by atoms with Crippen LogP contribution < -0.4 is 20.9 Å². The van der Waals surface area contributed by atoms with E-state index in [0.29, 0.717) is 11.3 Å². The van der Waals surface area contributed by atoms with E-state index < -0.39 is 28.6 Å². The molecule has 0 aromatic heterocycles. The average molecular weight is 390 g/mol. The number of anilines is 1. The summed E-state index contributed by atoms with van der Waals surface area (Å²) < 4.78 is 15.6. The van der Waals surface area contributed by atoms with E-state index in [1.165, 1.54) is 12.0 Å². The van der Waals surface area contributed by atoms with Gasteiger partial charge in [-0.05, 0) is 24.6 Å². The van der Waals surface area contributed by atoms with Crippen LogP contribution in [0, 0.1) is 0 Å². The Labute approximate surface area is 161 Å². The second-order valence-corrected chi connectivity index (χ2v) is 6.21. The van der Waals surface area contributed by atoms with Crippen molar-refractivity contribution in [2.24, 2.45) is 0 Å². The summed E-state index contributed by atoms with van der Waals surface area (Å²) in [5.41, 5.74) is -2.42. The molecule has 0 saturated heterocycles. The Morgan fingerprint density at radius 3 is 2.25 bits per heavy atom. The summed E-state index contributed by atoms with van der Waals surface area (Å²) in [6.07, 6.45) is -0.512. The molecular weight excluding hydrogens is 368 g/mol. The van der Waals surface area contributed by atoms with Crippen LogP contribution in [0.2, 0.25) is 0 Å². The van der Waals surface area contributed by atoms with Gasteiger partial charge in [0.1, 0.15) is 5.75 Å². The number of hydrogen-bond donors (Lipinski definition) is 1. The van der Waals surface area contributed by atoms with Crippen LogP contribution in [0.5, 0.6) is 5.75 Å². The summed E-state index contributed by atoms with van der Waals surface area (Å²) in [6.45, 7) is 1.83. The molecule has 9 heteroatoms. The molecule has 0 saturated carbocycles. The Hall–Kier alpha value is -3.20. The largest absolute Gasteiger partial charge is 0.465 e. The summed E-state index contributed by atoms with van der Waals surface area (Å²) in [6, 6.07) is 7.55. The van der Waals surface area contributed by atoms with Gasteiger partial charge in [0.05, 0.1) is 12.8 Å². The fraction of sp³-hybridized carbons (Fsp3) is 0.368. The zero-order valence-electron chi connectivity index (χ0n) is 16.1. The van der Waals surface area contributed by atoms with Gasteiger partial charge >= 0.3 is 12.1 Å². The third kappa shape index (κ3) is 4.55. The highest BCUT2D eigenvalue weighted by atomic mass is 16.6.